The average Bonchev–Trinajstić information content (AvgIpc) is 2.87. The Bertz CT molecular complexity index is 1350. The summed E-state index contributed by atoms with van der Waals surface area (Å²) in [5, 5.41) is 0. The molecular weight excluding hydrogens is 398 g/mol. The number of rotatable bonds is 5. The van der Waals surface area contributed by atoms with E-state index < -0.39 is 0 Å². The molecule has 0 aromatic heterocycles. The fraction of sp³-hybridized carbons (Fsp3) is 0.0625. The van der Waals surface area contributed by atoms with Crippen molar-refractivity contribution in [3.63, 3.8) is 0 Å². The quantitative estimate of drug-likeness (QED) is 0.271. The number of hydrogen-bond acceptors (Lipinski definition) is 1. The molecule has 0 heterocycles. The first-order valence-corrected chi connectivity index (χ1v) is 11.4. The minimum Gasteiger partial charge on any atom is -0.310 e. The second-order valence-corrected chi connectivity index (χ2v) is 8.40. The number of hydrogen-bond donors (Lipinski definition) is 0. The fourth-order valence-electron chi connectivity index (χ4n) is 4.42. The minimum absolute atomic E-state index is 1.14. The van der Waals surface area contributed by atoms with Gasteiger partial charge in [-0.1, -0.05) is 91.0 Å². The molecule has 160 valence electrons. The monoisotopic (exact) mass is 425 g/mol. The van der Waals surface area contributed by atoms with Crippen molar-refractivity contribution in [2.75, 3.05) is 4.90 Å². The number of anilines is 3. The molecule has 0 aliphatic carbocycles. The topological polar surface area (TPSA) is 3.24 Å². The molecule has 5 aromatic rings. The van der Waals surface area contributed by atoms with E-state index >= 15 is 0 Å². The molecular formula is C32H27N. The Labute approximate surface area is 196 Å². The summed E-state index contributed by atoms with van der Waals surface area (Å²) in [6.07, 6.45) is 0. The van der Waals surface area contributed by atoms with Gasteiger partial charge in [0.05, 0.1) is 0 Å². The Hall–Kier alpha value is -4.10. The molecule has 0 atom stereocenters. The normalized spacial score (nSPS) is 10.7. The molecule has 0 amide bonds. The van der Waals surface area contributed by atoms with Crippen LogP contribution in [0.5, 0.6) is 0 Å². The molecule has 1 heteroatoms. The average molecular weight is 426 g/mol. The first-order valence-electron chi connectivity index (χ1n) is 11.4. The predicted molar refractivity (Wildman–Crippen MR) is 141 cm³/mol. The lowest BCUT2D eigenvalue weighted by Crippen LogP contribution is -2.10. The third-order valence-corrected chi connectivity index (χ3v) is 6.15. The fourth-order valence-corrected chi connectivity index (χ4v) is 4.42. The largest absolute Gasteiger partial charge is 0.310 e. The molecule has 0 unspecified atom stereocenters. The summed E-state index contributed by atoms with van der Waals surface area (Å²) in [5.41, 5.74) is 11.0. The van der Waals surface area contributed by atoms with E-state index in [1.807, 2.05) is 0 Å². The van der Waals surface area contributed by atoms with Gasteiger partial charge in [-0.15, -0.1) is 0 Å². The van der Waals surface area contributed by atoms with E-state index in [4.69, 9.17) is 0 Å². The van der Waals surface area contributed by atoms with Crippen LogP contribution in [-0.2, 0) is 0 Å². The van der Waals surface area contributed by atoms with E-state index in [2.05, 4.69) is 146 Å². The van der Waals surface area contributed by atoms with Crippen LogP contribution in [0.1, 0.15) is 11.1 Å². The van der Waals surface area contributed by atoms with Gasteiger partial charge in [-0.25, -0.2) is 0 Å². The Morgan fingerprint density at radius 2 is 0.909 bits per heavy atom. The van der Waals surface area contributed by atoms with E-state index in [1.165, 1.54) is 33.4 Å². The second-order valence-electron chi connectivity index (χ2n) is 8.40. The summed E-state index contributed by atoms with van der Waals surface area (Å²) in [5.74, 6) is 0. The van der Waals surface area contributed by atoms with E-state index in [-0.39, 0.29) is 0 Å². The van der Waals surface area contributed by atoms with Gasteiger partial charge in [0.15, 0.2) is 0 Å². The van der Waals surface area contributed by atoms with Crippen LogP contribution in [0.25, 0.3) is 22.3 Å². The molecule has 0 fully saturated rings. The first-order chi connectivity index (χ1) is 16.2. The first kappa shape index (κ1) is 20.8. The van der Waals surface area contributed by atoms with Crippen molar-refractivity contribution in [3.05, 3.63) is 139 Å². The van der Waals surface area contributed by atoms with Crippen LogP contribution in [0.3, 0.4) is 0 Å². The number of benzene rings is 5. The smallest absolute Gasteiger partial charge is 0.0464 e. The van der Waals surface area contributed by atoms with Gasteiger partial charge in [0.25, 0.3) is 0 Å². The minimum atomic E-state index is 1.14. The van der Waals surface area contributed by atoms with Crippen molar-refractivity contribution in [2.45, 2.75) is 13.8 Å². The van der Waals surface area contributed by atoms with Gasteiger partial charge in [0, 0.05) is 17.1 Å². The molecule has 0 spiro atoms. The number of nitrogens with zero attached hydrogens (tertiary/aromatic N) is 1. The lowest BCUT2D eigenvalue weighted by atomic mass is 9.96. The summed E-state index contributed by atoms with van der Waals surface area (Å²) in [6.45, 7) is 4.38. The number of aryl methyl sites for hydroxylation is 2. The molecule has 0 saturated heterocycles. The molecule has 0 saturated carbocycles. The van der Waals surface area contributed by atoms with Crippen molar-refractivity contribution in [1.29, 1.82) is 0 Å². The SMILES string of the molecule is Cc1ccccc1-c1ccc(N(c2ccccc2)c2ccc(-c3ccccc3)cc2)cc1C. The molecule has 0 radical (unpaired) electrons. The third-order valence-electron chi connectivity index (χ3n) is 6.15. The standard InChI is InChI=1S/C32H27N/c1-24-11-9-10-16-31(24)32-22-21-30(23-25(32)2)33(28-14-7-4-8-15-28)29-19-17-27(18-20-29)26-12-5-3-6-13-26/h3-23H,1-2H3. The van der Waals surface area contributed by atoms with Crippen LogP contribution in [0.4, 0.5) is 17.1 Å². The Morgan fingerprint density at radius 1 is 0.394 bits per heavy atom. The number of para-hydroxylation sites is 1. The van der Waals surface area contributed by atoms with Gasteiger partial charge in [0.1, 0.15) is 0 Å². The molecule has 33 heavy (non-hydrogen) atoms. The van der Waals surface area contributed by atoms with Gasteiger partial charge in [-0.3, -0.25) is 0 Å². The molecule has 0 N–H and O–H groups in total. The molecule has 0 aliphatic rings. The highest BCUT2D eigenvalue weighted by atomic mass is 15.1. The van der Waals surface area contributed by atoms with Gasteiger partial charge >= 0.3 is 0 Å². The van der Waals surface area contributed by atoms with Crippen LogP contribution >= 0.6 is 0 Å². The summed E-state index contributed by atoms with van der Waals surface area (Å²) in [6, 6.07) is 45.3. The van der Waals surface area contributed by atoms with Gasteiger partial charge < -0.3 is 4.90 Å². The van der Waals surface area contributed by atoms with Gasteiger partial charge in [-0.2, -0.15) is 0 Å². The van der Waals surface area contributed by atoms with Crippen LogP contribution < -0.4 is 4.90 Å². The summed E-state index contributed by atoms with van der Waals surface area (Å²) < 4.78 is 0. The van der Waals surface area contributed by atoms with Crippen LogP contribution in [0.15, 0.2) is 127 Å². The zero-order valence-corrected chi connectivity index (χ0v) is 19.1. The third kappa shape index (κ3) is 4.31. The second kappa shape index (κ2) is 9.18. The van der Waals surface area contributed by atoms with Gasteiger partial charge in [0.2, 0.25) is 0 Å². The van der Waals surface area contributed by atoms with E-state index in [9.17, 15) is 0 Å². The summed E-state index contributed by atoms with van der Waals surface area (Å²) in [7, 11) is 0. The van der Waals surface area contributed by atoms with Crippen LogP contribution in [0, 0.1) is 13.8 Å². The highest BCUT2D eigenvalue weighted by molar-refractivity contribution is 5.81. The Kier molecular flexibility index (Phi) is 5.78. The van der Waals surface area contributed by atoms with Crippen molar-refractivity contribution < 1.29 is 0 Å². The lowest BCUT2D eigenvalue weighted by Gasteiger charge is -2.26. The van der Waals surface area contributed by atoms with Crippen molar-refractivity contribution >= 4 is 17.1 Å². The maximum atomic E-state index is 2.32. The maximum absolute atomic E-state index is 2.32. The molecule has 0 aliphatic heterocycles. The van der Waals surface area contributed by atoms with Gasteiger partial charge in [-0.05, 0) is 83.6 Å². The molecule has 5 aromatic carbocycles. The molecule has 0 bridgehead atoms. The van der Waals surface area contributed by atoms with Crippen LogP contribution in [-0.4, -0.2) is 0 Å². The predicted octanol–water partition coefficient (Wildman–Crippen LogP) is 9.11. The highest BCUT2D eigenvalue weighted by Gasteiger charge is 2.14. The zero-order chi connectivity index (χ0) is 22.6. The Balaban J connectivity index is 1.57. The summed E-state index contributed by atoms with van der Waals surface area (Å²) in [4.78, 5) is 2.32. The van der Waals surface area contributed by atoms with E-state index in [0.29, 0.717) is 0 Å². The maximum Gasteiger partial charge on any atom is 0.0464 e. The Morgan fingerprint density at radius 3 is 1.58 bits per heavy atom. The van der Waals surface area contributed by atoms with Crippen molar-refractivity contribution in [3.8, 4) is 22.3 Å². The zero-order valence-electron chi connectivity index (χ0n) is 19.1. The van der Waals surface area contributed by atoms with E-state index in [0.717, 1.165) is 17.1 Å². The highest BCUT2D eigenvalue weighted by Crippen LogP contribution is 2.38. The van der Waals surface area contributed by atoms with Crippen molar-refractivity contribution in [2.24, 2.45) is 0 Å². The molecule has 5 rings (SSSR count). The lowest BCUT2D eigenvalue weighted by molar-refractivity contribution is 1.27. The van der Waals surface area contributed by atoms with E-state index in [1.54, 1.807) is 0 Å². The van der Waals surface area contributed by atoms with Crippen LogP contribution in [0.2, 0.25) is 0 Å². The molecule has 1 nitrogen and oxygen atoms in total. The van der Waals surface area contributed by atoms with Crippen molar-refractivity contribution in [1.82, 2.24) is 0 Å². The summed E-state index contributed by atoms with van der Waals surface area (Å²) >= 11 is 0.